The van der Waals surface area contributed by atoms with Gasteiger partial charge in [-0.05, 0) is 55.6 Å². The summed E-state index contributed by atoms with van der Waals surface area (Å²) in [5, 5.41) is 0. The van der Waals surface area contributed by atoms with Crippen molar-refractivity contribution in [1.29, 1.82) is 0 Å². The molecule has 0 unspecified atom stereocenters. The number of carbonyl (C=O) groups excluding carboxylic acids is 1. The Balaban J connectivity index is 1.56. The predicted molar refractivity (Wildman–Crippen MR) is 101 cm³/mol. The number of pyridine rings is 1. The number of fused-ring (bicyclic) bond motifs is 2. The fourth-order valence-corrected chi connectivity index (χ4v) is 5.48. The molecule has 1 aromatic carbocycles. The molecule has 4 saturated heterocycles. The van der Waals surface area contributed by atoms with Gasteiger partial charge in [-0.25, -0.2) is 13.8 Å². The van der Waals surface area contributed by atoms with Crippen molar-refractivity contribution in [2.45, 2.75) is 30.8 Å². The quantitative estimate of drug-likeness (QED) is 0.865. The number of nitrogens with zero attached hydrogens (tertiary/aromatic N) is 3. The lowest BCUT2D eigenvalue weighted by Gasteiger charge is -2.51. The molecule has 4 aliphatic heterocycles. The molecule has 2 N–H and O–H groups in total. The molecule has 6 rings (SSSR count). The number of carbonyl (C=O) groups is 1. The fourth-order valence-electron chi connectivity index (χ4n) is 5.48. The van der Waals surface area contributed by atoms with Crippen LogP contribution in [0.15, 0.2) is 36.5 Å². The molecule has 0 spiro atoms. The van der Waals surface area contributed by atoms with E-state index in [0.29, 0.717) is 29.4 Å². The minimum atomic E-state index is -0.836. The van der Waals surface area contributed by atoms with Crippen LogP contribution in [0.1, 0.15) is 34.7 Å². The summed E-state index contributed by atoms with van der Waals surface area (Å²) in [6.45, 7) is 2.27. The van der Waals surface area contributed by atoms with Crippen LogP contribution in [0.3, 0.4) is 0 Å². The van der Waals surface area contributed by atoms with Gasteiger partial charge in [-0.1, -0.05) is 12.1 Å². The van der Waals surface area contributed by atoms with E-state index in [4.69, 9.17) is 5.73 Å². The maximum absolute atomic E-state index is 14.6. The number of anilines is 1. The topological polar surface area (TPSA) is 62.5 Å². The standard InChI is InChI=1S/C21H22F2N4O/c22-16-3-1-2-14(18(16)23)15-11-27(21(28)13-4-7-25-17(24)10-13)19-12-5-8-26(9-6-12)20(15)19/h1-4,7,10,12,15,19-20H,5-6,8-9,11H2,(H2,24,25)/t15-,19+,20+/m0/s1. The molecule has 4 fully saturated rings. The van der Waals surface area contributed by atoms with Gasteiger partial charge in [-0.15, -0.1) is 0 Å². The van der Waals surface area contributed by atoms with Gasteiger partial charge >= 0.3 is 0 Å². The van der Waals surface area contributed by atoms with Crippen molar-refractivity contribution in [2.75, 3.05) is 25.4 Å². The number of likely N-dealkylation sites (tertiary alicyclic amines) is 1. The van der Waals surface area contributed by atoms with Gasteiger partial charge in [0.2, 0.25) is 0 Å². The molecule has 5 heterocycles. The molecule has 1 aromatic heterocycles. The van der Waals surface area contributed by atoms with Crippen molar-refractivity contribution in [3.8, 4) is 0 Å². The maximum atomic E-state index is 14.6. The van der Waals surface area contributed by atoms with Crippen LogP contribution in [0.25, 0.3) is 0 Å². The first kappa shape index (κ1) is 17.6. The molecule has 7 heteroatoms. The summed E-state index contributed by atoms with van der Waals surface area (Å²) in [6, 6.07) is 7.61. The van der Waals surface area contributed by atoms with Crippen molar-refractivity contribution in [3.63, 3.8) is 0 Å². The monoisotopic (exact) mass is 384 g/mol. The first-order valence-electron chi connectivity index (χ1n) is 9.75. The van der Waals surface area contributed by atoms with Gasteiger partial charge in [0.1, 0.15) is 5.82 Å². The van der Waals surface area contributed by atoms with Crippen LogP contribution < -0.4 is 5.73 Å². The number of hydrogen-bond acceptors (Lipinski definition) is 4. The van der Waals surface area contributed by atoms with E-state index in [1.165, 1.54) is 6.20 Å². The van der Waals surface area contributed by atoms with E-state index >= 15 is 0 Å². The zero-order chi connectivity index (χ0) is 19.4. The second-order valence-electron chi connectivity index (χ2n) is 8.03. The first-order valence-corrected chi connectivity index (χ1v) is 9.75. The summed E-state index contributed by atoms with van der Waals surface area (Å²) in [7, 11) is 0. The van der Waals surface area contributed by atoms with Gasteiger partial charge < -0.3 is 10.6 Å². The zero-order valence-electron chi connectivity index (χ0n) is 15.4. The Morgan fingerprint density at radius 2 is 1.93 bits per heavy atom. The Kier molecular flexibility index (Phi) is 4.08. The molecule has 0 aliphatic carbocycles. The van der Waals surface area contributed by atoms with E-state index < -0.39 is 11.6 Å². The van der Waals surface area contributed by atoms with Gasteiger partial charge in [0.05, 0.1) is 6.04 Å². The lowest BCUT2D eigenvalue weighted by Crippen LogP contribution is -2.60. The third-order valence-corrected chi connectivity index (χ3v) is 6.66. The van der Waals surface area contributed by atoms with Crippen molar-refractivity contribution in [2.24, 2.45) is 5.92 Å². The highest BCUT2D eigenvalue weighted by Gasteiger charge is 2.55. The molecule has 0 radical (unpaired) electrons. The number of amides is 1. The smallest absolute Gasteiger partial charge is 0.254 e. The molecule has 4 aliphatic rings. The molecular weight excluding hydrogens is 362 g/mol. The van der Waals surface area contributed by atoms with Crippen molar-refractivity contribution < 1.29 is 13.6 Å². The normalized spacial score (nSPS) is 31.1. The van der Waals surface area contributed by atoms with E-state index in [9.17, 15) is 13.6 Å². The van der Waals surface area contributed by atoms with E-state index in [-0.39, 0.29) is 23.9 Å². The van der Waals surface area contributed by atoms with Crippen LogP contribution in [0.5, 0.6) is 0 Å². The van der Waals surface area contributed by atoms with E-state index in [1.807, 2.05) is 4.90 Å². The second-order valence-corrected chi connectivity index (χ2v) is 8.03. The van der Waals surface area contributed by atoms with Crippen molar-refractivity contribution in [1.82, 2.24) is 14.8 Å². The molecule has 0 saturated carbocycles. The third-order valence-electron chi connectivity index (χ3n) is 6.66. The summed E-state index contributed by atoms with van der Waals surface area (Å²) in [4.78, 5) is 21.5. The van der Waals surface area contributed by atoms with Crippen molar-refractivity contribution in [3.05, 3.63) is 59.3 Å². The largest absolute Gasteiger partial charge is 0.384 e. The summed E-state index contributed by atoms with van der Waals surface area (Å²) in [5.74, 6) is -1.31. The number of hydrogen-bond donors (Lipinski definition) is 1. The van der Waals surface area contributed by atoms with E-state index in [2.05, 4.69) is 9.88 Å². The van der Waals surface area contributed by atoms with Crippen LogP contribution in [0.2, 0.25) is 0 Å². The Hall–Kier alpha value is -2.54. The van der Waals surface area contributed by atoms with Gasteiger partial charge in [0, 0.05) is 30.3 Å². The molecule has 2 aromatic rings. The van der Waals surface area contributed by atoms with Gasteiger partial charge in [-0.2, -0.15) is 0 Å². The Bertz CT molecular complexity index is 928. The second kappa shape index (κ2) is 6.51. The highest BCUT2D eigenvalue weighted by Crippen LogP contribution is 2.47. The predicted octanol–water partition coefficient (Wildman–Crippen LogP) is 2.64. The van der Waals surface area contributed by atoms with Crippen LogP contribution in [0.4, 0.5) is 14.6 Å². The van der Waals surface area contributed by atoms with Gasteiger partial charge in [0.15, 0.2) is 11.6 Å². The summed E-state index contributed by atoms with van der Waals surface area (Å²) in [5.41, 5.74) is 6.62. The molecular formula is C21H22F2N4O. The Labute approximate surface area is 162 Å². The van der Waals surface area contributed by atoms with E-state index in [1.54, 1.807) is 24.3 Å². The average Bonchev–Trinajstić information content (AvgIpc) is 3.13. The highest BCUT2D eigenvalue weighted by molar-refractivity contribution is 5.95. The maximum Gasteiger partial charge on any atom is 0.254 e. The molecule has 3 atom stereocenters. The van der Waals surface area contributed by atoms with Gasteiger partial charge in [-0.3, -0.25) is 9.69 Å². The average molecular weight is 384 g/mol. The minimum Gasteiger partial charge on any atom is -0.384 e. The van der Waals surface area contributed by atoms with E-state index in [0.717, 1.165) is 32.0 Å². The lowest BCUT2D eigenvalue weighted by atomic mass is 9.75. The number of nitrogen functional groups attached to an aromatic ring is 1. The van der Waals surface area contributed by atoms with Crippen LogP contribution >= 0.6 is 0 Å². The minimum absolute atomic E-state index is 0.0112. The molecule has 2 bridgehead atoms. The molecule has 1 amide bonds. The van der Waals surface area contributed by atoms with Gasteiger partial charge in [0.25, 0.3) is 5.91 Å². The van der Waals surface area contributed by atoms with Crippen LogP contribution in [-0.2, 0) is 0 Å². The number of nitrogens with two attached hydrogens (primary N) is 1. The fraction of sp³-hybridized carbons (Fsp3) is 0.429. The summed E-state index contributed by atoms with van der Waals surface area (Å²) >= 11 is 0. The molecule has 5 nitrogen and oxygen atoms in total. The number of rotatable bonds is 2. The number of aromatic nitrogens is 1. The molecule has 146 valence electrons. The van der Waals surface area contributed by atoms with Crippen molar-refractivity contribution >= 4 is 11.7 Å². The van der Waals surface area contributed by atoms with Crippen LogP contribution in [0, 0.1) is 17.6 Å². The number of benzene rings is 1. The first-order chi connectivity index (χ1) is 13.5. The lowest BCUT2D eigenvalue weighted by molar-refractivity contribution is -0.00359. The Morgan fingerprint density at radius 1 is 1.14 bits per heavy atom. The number of halogens is 2. The van der Waals surface area contributed by atoms with Crippen LogP contribution in [-0.4, -0.2) is 52.4 Å². The molecule has 28 heavy (non-hydrogen) atoms. The SMILES string of the molecule is Nc1cc(C(=O)N2C[C@@H](c3cccc(F)c3F)[C@@H]3[C@H]2C2CCN3CC2)ccn1. The Morgan fingerprint density at radius 3 is 2.68 bits per heavy atom. The summed E-state index contributed by atoms with van der Waals surface area (Å²) < 4.78 is 28.6. The number of piperidine rings is 3. The third kappa shape index (κ3) is 2.60. The highest BCUT2D eigenvalue weighted by atomic mass is 19.2. The summed E-state index contributed by atoms with van der Waals surface area (Å²) in [6.07, 6.45) is 3.58. The zero-order valence-corrected chi connectivity index (χ0v) is 15.4.